The van der Waals surface area contributed by atoms with Crippen LogP contribution in [0.4, 0.5) is 0 Å². The average molecular weight is 349 g/mol. The molecule has 0 aromatic heterocycles. The first-order valence-electron chi connectivity index (χ1n) is 8.91. The Hall–Kier alpha value is -1.04. The highest BCUT2D eigenvalue weighted by Crippen LogP contribution is 2.28. The van der Waals surface area contributed by atoms with Gasteiger partial charge in [-0.3, -0.25) is 9.69 Å². The van der Waals surface area contributed by atoms with Gasteiger partial charge in [-0.1, -0.05) is 29.8 Å². The Morgan fingerprint density at radius 1 is 1.33 bits per heavy atom. The topological polar surface area (TPSA) is 52.6 Å². The summed E-state index contributed by atoms with van der Waals surface area (Å²) in [6, 6.07) is 8.76. The van der Waals surface area contributed by atoms with Crippen LogP contribution in [0.2, 0.25) is 0 Å². The van der Waals surface area contributed by atoms with Gasteiger partial charge in [0.1, 0.15) is 0 Å². The highest BCUT2D eigenvalue weighted by Gasteiger charge is 2.39. The molecule has 0 saturated carbocycles. The van der Waals surface area contributed by atoms with Crippen LogP contribution in [0.15, 0.2) is 24.3 Å². The van der Waals surface area contributed by atoms with E-state index in [9.17, 15) is 9.90 Å². The lowest BCUT2D eigenvalue weighted by molar-refractivity contribution is -0.137. The van der Waals surface area contributed by atoms with E-state index in [1.807, 2.05) is 0 Å². The quantitative estimate of drug-likeness (QED) is 0.856. The summed E-state index contributed by atoms with van der Waals surface area (Å²) in [5, 5.41) is 13.3. The van der Waals surface area contributed by atoms with Gasteiger partial charge in [-0.25, -0.2) is 0 Å². The molecule has 2 heterocycles. The Balaban J connectivity index is 1.39. The molecule has 2 fully saturated rings. The second-order valence-corrected chi connectivity index (χ2v) is 8.35. The summed E-state index contributed by atoms with van der Waals surface area (Å²) in [6.07, 6.45) is 2.80. The van der Waals surface area contributed by atoms with Gasteiger partial charge >= 0.3 is 0 Å². The lowest BCUT2D eigenvalue weighted by Gasteiger charge is -2.32. The van der Waals surface area contributed by atoms with Gasteiger partial charge in [-0.2, -0.15) is 11.8 Å². The van der Waals surface area contributed by atoms with Crippen LogP contribution < -0.4 is 5.32 Å². The number of piperidine rings is 1. The minimum Gasteiger partial charge on any atom is -0.379 e. The zero-order valence-electron chi connectivity index (χ0n) is 14.5. The smallest absolute Gasteiger partial charge is 0.252 e. The molecule has 0 radical (unpaired) electrons. The predicted octanol–water partition coefficient (Wildman–Crippen LogP) is 2.19. The van der Waals surface area contributed by atoms with E-state index in [1.54, 1.807) is 11.8 Å². The van der Waals surface area contributed by atoms with Gasteiger partial charge in [0.25, 0.3) is 5.91 Å². The van der Waals surface area contributed by atoms with Crippen molar-refractivity contribution in [3.8, 4) is 0 Å². The van der Waals surface area contributed by atoms with Crippen molar-refractivity contribution < 1.29 is 9.90 Å². The SMILES string of the molecule is Cc1ccc(CN2CCC(CNC(=O)[C@]3(O)CCSC3)CC2)cc1. The lowest BCUT2D eigenvalue weighted by atomic mass is 9.95. The van der Waals surface area contributed by atoms with E-state index in [4.69, 9.17) is 0 Å². The molecule has 1 atom stereocenters. The van der Waals surface area contributed by atoms with Crippen molar-refractivity contribution in [1.29, 1.82) is 0 Å². The van der Waals surface area contributed by atoms with Crippen LogP contribution in [0.1, 0.15) is 30.4 Å². The molecule has 0 aliphatic carbocycles. The number of amides is 1. The van der Waals surface area contributed by atoms with E-state index < -0.39 is 5.60 Å². The molecule has 2 aliphatic heterocycles. The Labute approximate surface area is 149 Å². The Morgan fingerprint density at radius 3 is 2.67 bits per heavy atom. The normalized spacial score (nSPS) is 25.8. The number of rotatable bonds is 5. The summed E-state index contributed by atoms with van der Waals surface area (Å²) in [7, 11) is 0. The van der Waals surface area contributed by atoms with Crippen molar-refractivity contribution in [2.75, 3.05) is 31.1 Å². The van der Waals surface area contributed by atoms with Crippen LogP contribution >= 0.6 is 11.8 Å². The van der Waals surface area contributed by atoms with Gasteiger partial charge in [0.05, 0.1) is 0 Å². The van der Waals surface area contributed by atoms with E-state index in [1.165, 1.54) is 11.1 Å². The zero-order chi connectivity index (χ0) is 17.0. The van der Waals surface area contributed by atoms with Gasteiger partial charge in [0.15, 0.2) is 5.60 Å². The Morgan fingerprint density at radius 2 is 2.04 bits per heavy atom. The standard InChI is InChI=1S/C19H28N2O2S/c1-15-2-4-17(5-3-15)13-21-9-6-16(7-10-21)12-20-18(22)19(23)8-11-24-14-19/h2-5,16,23H,6-14H2,1H3,(H,20,22)/t19-/m0/s1. The number of aryl methyl sites for hydroxylation is 1. The molecule has 0 spiro atoms. The fraction of sp³-hybridized carbons (Fsp3) is 0.632. The average Bonchev–Trinajstić information content (AvgIpc) is 3.04. The molecule has 5 heteroatoms. The molecule has 4 nitrogen and oxygen atoms in total. The monoisotopic (exact) mass is 348 g/mol. The van der Waals surface area contributed by atoms with Crippen molar-refractivity contribution in [3.63, 3.8) is 0 Å². The molecule has 2 aliphatic rings. The largest absolute Gasteiger partial charge is 0.379 e. The van der Waals surface area contributed by atoms with Crippen molar-refractivity contribution in [1.82, 2.24) is 10.2 Å². The number of nitrogens with one attached hydrogen (secondary N) is 1. The number of aliphatic hydroxyl groups is 1. The number of hydrogen-bond acceptors (Lipinski definition) is 4. The lowest BCUT2D eigenvalue weighted by Crippen LogP contribution is -2.49. The van der Waals surface area contributed by atoms with Crippen LogP contribution in [-0.2, 0) is 11.3 Å². The third-order valence-electron chi connectivity index (χ3n) is 5.21. The van der Waals surface area contributed by atoms with E-state index >= 15 is 0 Å². The summed E-state index contributed by atoms with van der Waals surface area (Å²) in [6.45, 7) is 5.98. The van der Waals surface area contributed by atoms with Gasteiger partial charge < -0.3 is 10.4 Å². The fourth-order valence-corrected chi connectivity index (χ4v) is 4.67. The Bertz CT molecular complexity index is 547. The molecule has 2 saturated heterocycles. The number of benzene rings is 1. The van der Waals surface area contributed by atoms with Crippen molar-refractivity contribution >= 4 is 17.7 Å². The van der Waals surface area contributed by atoms with Gasteiger partial charge in [0, 0.05) is 18.8 Å². The summed E-state index contributed by atoms with van der Waals surface area (Å²) in [5.41, 5.74) is 1.54. The van der Waals surface area contributed by atoms with E-state index in [0.29, 0.717) is 24.6 Å². The zero-order valence-corrected chi connectivity index (χ0v) is 15.3. The third-order valence-corrected chi connectivity index (χ3v) is 6.38. The highest BCUT2D eigenvalue weighted by molar-refractivity contribution is 7.99. The molecule has 1 aromatic rings. The second-order valence-electron chi connectivity index (χ2n) is 7.25. The molecule has 2 N–H and O–H groups in total. The predicted molar refractivity (Wildman–Crippen MR) is 99.1 cm³/mol. The highest BCUT2D eigenvalue weighted by atomic mass is 32.2. The van der Waals surface area contributed by atoms with E-state index in [2.05, 4.69) is 41.4 Å². The van der Waals surface area contributed by atoms with Crippen molar-refractivity contribution in [3.05, 3.63) is 35.4 Å². The number of likely N-dealkylation sites (tertiary alicyclic amines) is 1. The minimum atomic E-state index is -1.13. The van der Waals surface area contributed by atoms with Crippen LogP contribution in [-0.4, -0.2) is 52.7 Å². The molecule has 3 rings (SSSR count). The first-order chi connectivity index (χ1) is 11.5. The number of hydrogen-bond donors (Lipinski definition) is 2. The van der Waals surface area contributed by atoms with Crippen molar-refractivity contribution in [2.45, 2.75) is 38.3 Å². The van der Waals surface area contributed by atoms with E-state index in [0.717, 1.165) is 38.2 Å². The summed E-state index contributed by atoms with van der Waals surface area (Å²) < 4.78 is 0. The molecular formula is C19H28N2O2S. The number of carbonyl (C=O) groups is 1. The van der Waals surface area contributed by atoms with Gasteiger partial charge in [-0.15, -0.1) is 0 Å². The molecule has 24 heavy (non-hydrogen) atoms. The first kappa shape index (κ1) is 17.8. The summed E-state index contributed by atoms with van der Waals surface area (Å²) >= 11 is 1.66. The summed E-state index contributed by atoms with van der Waals surface area (Å²) in [4.78, 5) is 14.6. The Kier molecular flexibility index (Phi) is 5.85. The number of thioether (sulfide) groups is 1. The molecular weight excluding hydrogens is 320 g/mol. The molecule has 0 bridgehead atoms. The van der Waals surface area contributed by atoms with Gasteiger partial charge in [-0.05, 0) is 56.5 Å². The van der Waals surface area contributed by atoms with Crippen LogP contribution in [0.5, 0.6) is 0 Å². The van der Waals surface area contributed by atoms with Crippen LogP contribution in [0, 0.1) is 12.8 Å². The van der Waals surface area contributed by atoms with Crippen LogP contribution in [0.3, 0.4) is 0 Å². The number of carbonyl (C=O) groups excluding carboxylic acids is 1. The molecule has 1 amide bonds. The number of nitrogens with zero attached hydrogens (tertiary/aromatic N) is 1. The fourth-order valence-electron chi connectivity index (χ4n) is 3.44. The molecule has 132 valence electrons. The first-order valence-corrected chi connectivity index (χ1v) is 10.1. The van der Waals surface area contributed by atoms with Crippen LogP contribution in [0.25, 0.3) is 0 Å². The molecule has 0 unspecified atom stereocenters. The summed E-state index contributed by atoms with van der Waals surface area (Å²) in [5.74, 6) is 1.77. The van der Waals surface area contributed by atoms with E-state index in [-0.39, 0.29) is 5.91 Å². The molecule has 1 aromatic carbocycles. The van der Waals surface area contributed by atoms with Crippen molar-refractivity contribution in [2.24, 2.45) is 5.92 Å². The minimum absolute atomic E-state index is 0.172. The maximum atomic E-state index is 12.2. The maximum absolute atomic E-state index is 12.2. The van der Waals surface area contributed by atoms with Gasteiger partial charge in [0.2, 0.25) is 0 Å². The maximum Gasteiger partial charge on any atom is 0.252 e. The second kappa shape index (κ2) is 7.89. The third kappa shape index (κ3) is 4.52.